The molecule has 1 aliphatic carbocycles. The van der Waals surface area contributed by atoms with Gasteiger partial charge >= 0.3 is 0 Å². The summed E-state index contributed by atoms with van der Waals surface area (Å²) in [7, 11) is 0. The molecule has 4 unspecified atom stereocenters. The molecule has 1 saturated carbocycles. The molecule has 0 spiro atoms. The Morgan fingerprint density at radius 1 is 1.35 bits per heavy atom. The number of fused-ring (bicyclic) bond motifs is 1. The molecular weight excluding hydrogens is 212 g/mol. The van der Waals surface area contributed by atoms with E-state index in [1.807, 2.05) is 0 Å². The number of hydrogen-bond acceptors (Lipinski definition) is 3. The summed E-state index contributed by atoms with van der Waals surface area (Å²) in [5, 5.41) is 0. The fraction of sp³-hybridized carbons (Fsp3) is 1.00. The minimum Gasteiger partial charge on any atom is -0.375 e. The van der Waals surface area contributed by atoms with Gasteiger partial charge in [0.2, 0.25) is 0 Å². The molecule has 0 radical (unpaired) electrons. The zero-order chi connectivity index (χ0) is 12.3. The van der Waals surface area contributed by atoms with Gasteiger partial charge in [-0.1, -0.05) is 20.3 Å². The van der Waals surface area contributed by atoms with Crippen molar-refractivity contribution in [1.82, 2.24) is 4.90 Å². The minimum absolute atomic E-state index is 0.337. The maximum Gasteiger partial charge on any atom is 0.0731 e. The predicted octanol–water partition coefficient (Wildman–Crippen LogP) is 2.15. The Morgan fingerprint density at radius 2 is 2.18 bits per heavy atom. The lowest BCUT2D eigenvalue weighted by Gasteiger charge is -2.44. The van der Waals surface area contributed by atoms with Gasteiger partial charge in [0.1, 0.15) is 0 Å². The van der Waals surface area contributed by atoms with Crippen molar-refractivity contribution in [3.8, 4) is 0 Å². The summed E-state index contributed by atoms with van der Waals surface area (Å²) in [5.41, 5.74) is 6.37. The second-order valence-electron chi connectivity index (χ2n) is 5.57. The summed E-state index contributed by atoms with van der Waals surface area (Å²) in [6, 6.07) is 1.55. The van der Waals surface area contributed by atoms with E-state index in [1.165, 1.54) is 32.1 Å². The Hall–Kier alpha value is -0.120. The van der Waals surface area contributed by atoms with E-state index in [0.717, 1.165) is 19.6 Å². The minimum atomic E-state index is 0.337. The summed E-state index contributed by atoms with van der Waals surface area (Å²) in [6.07, 6.45) is 7.88. The first-order valence-corrected chi connectivity index (χ1v) is 7.40. The van der Waals surface area contributed by atoms with Gasteiger partial charge in [0, 0.05) is 24.7 Å². The van der Waals surface area contributed by atoms with Crippen LogP contribution in [-0.4, -0.2) is 42.3 Å². The normalized spacial score (nSPS) is 33.4. The van der Waals surface area contributed by atoms with Crippen LogP contribution in [0, 0.1) is 0 Å². The first-order chi connectivity index (χ1) is 8.27. The monoisotopic (exact) mass is 240 g/mol. The Labute approximate surface area is 106 Å². The summed E-state index contributed by atoms with van der Waals surface area (Å²) >= 11 is 0. The topological polar surface area (TPSA) is 38.5 Å². The van der Waals surface area contributed by atoms with E-state index in [4.69, 9.17) is 10.5 Å². The fourth-order valence-corrected chi connectivity index (χ4v) is 3.68. The molecule has 0 aromatic carbocycles. The lowest BCUT2D eigenvalue weighted by atomic mass is 9.96. The van der Waals surface area contributed by atoms with Crippen molar-refractivity contribution in [1.29, 1.82) is 0 Å². The van der Waals surface area contributed by atoms with Crippen LogP contribution < -0.4 is 5.73 Å². The van der Waals surface area contributed by atoms with Gasteiger partial charge in [-0.05, 0) is 32.1 Å². The van der Waals surface area contributed by atoms with Crippen molar-refractivity contribution >= 4 is 0 Å². The molecule has 0 aromatic rings. The summed E-state index contributed by atoms with van der Waals surface area (Å²) < 4.78 is 5.88. The van der Waals surface area contributed by atoms with Crippen LogP contribution in [0.5, 0.6) is 0 Å². The van der Waals surface area contributed by atoms with Gasteiger partial charge in [0.05, 0.1) is 12.7 Å². The average Bonchev–Trinajstić information content (AvgIpc) is 2.79. The van der Waals surface area contributed by atoms with Crippen molar-refractivity contribution in [3.63, 3.8) is 0 Å². The van der Waals surface area contributed by atoms with E-state index in [-0.39, 0.29) is 0 Å². The van der Waals surface area contributed by atoms with Gasteiger partial charge in [0.25, 0.3) is 0 Å². The van der Waals surface area contributed by atoms with Gasteiger partial charge < -0.3 is 10.5 Å². The van der Waals surface area contributed by atoms with Gasteiger partial charge in [0.15, 0.2) is 0 Å². The van der Waals surface area contributed by atoms with E-state index in [1.54, 1.807) is 0 Å². The van der Waals surface area contributed by atoms with Crippen LogP contribution in [0.2, 0.25) is 0 Å². The molecule has 1 saturated heterocycles. The number of nitrogens with zero attached hydrogens (tertiary/aromatic N) is 1. The van der Waals surface area contributed by atoms with Gasteiger partial charge in [-0.2, -0.15) is 0 Å². The predicted molar refractivity (Wildman–Crippen MR) is 71.0 cm³/mol. The molecule has 2 N–H and O–H groups in total. The second-order valence-corrected chi connectivity index (χ2v) is 5.57. The maximum atomic E-state index is 6.37. The molecule has 2 fully saturated rings. The first kappa shape index (κ1) is 13.3. The molecule has 1 aliphatic heterocycles. The highest BCUT2D eigenvalue weighted by atomic mass is 16.5. The molecule has 3 heteroatoms. The van der Waals surface area contributed by atoms with Crippen LogP contribution in [0.3, 0.4) is 0 Å². The van der Waals surface area contributed by atoms with E-state index < -0.39 is 0 Å². The van der Waals surface area contributed by atoms with Crippen molar-refractivity contribution in [3.05, 3.63) is 0 Å². The van der Waals surface area contributed by atoms with Crippen molar-refractivity contribution in [2.75, 3.05) is 13.2 Å². The first-order valence-electron chi connectivity index (χ1n) is 7.40. The highest BCUT2D eigenvalue weighted by molar-refractivity contribution is 4.94. The van der Waals surface area contributed by atoms with Gasteiger partial charge in [-0.3, -0.25) is 4.90 Å². The van der Waals surface area contributed by atoms with Crippen molar-refractivity contribution in [2.24, 2.45) is 5.73 Å². The van der Waals surface area contributed by atoms with Crippen LogP contribution in [0.15, 0.2) is 0 Å². The molecule has 2 aliphatic rings. The van der Waals surface area contributed by atoms with Crippen molar-refractivity contribution < 1.29 is 4.74 Å². The highest BCUT2D eigenvalue weighted by Gasteiger charge is 2.39. The molecule has 2 rings (SSSR count). The fourth-order valence-electron chi connectivity index (χ4n) is 3.68. The molecule has 17 heavy (non-hydrogen) atoms. The summed E-state index contributed by atoms with van der Waals surface area (Å²) in [4.78, 5) is 2.67. The SMILES string of the molecule is CCCC(N)C(CC)N1CCOC2CCCC21. The molecule has 0 amide bonds. The molecular formula is C14H28N2O. The molecule has 4 atom stereocenters. The van der Waals surface area contributed by atoms with Crippen molar-refractivity contribution in [2.45, 2.75) is 76.6 Å². The van der Waals surface area contributed by atoms with Crippen LogP contribution in [0.25, 0.3) is 0 Å². The summed E-state index contributed by atoms with van der Waals surface area (Å²) in [6.45, 7) is 6.48. The molecule has 3 nitrogen and oxygen atoms in total. The van der Waals surface area contributed by atoms with Crippen LogP contribution in [-0.2, 0) is 4.74 Å². The van der Waals surface area contributed by atoms with Crippen LogP contribution >= 0.6 is 0 Å². The third kappa shape index (κ3) is 2.83. The third-order valence-electron chi connectivity index (χ3n) is 4.49. The molecule has 0 bridgehead atoms. The van der Waals surface area contributed by atoms with E-state index >= 15 is 0 Å². The lowest BCUT2D eigenvalue weighted by molar-refractivity contribution is -0.0760. The smallest absolute Gasteiger partial charge is 0.0731 e. The zero-order valence-electron chi connectivity index (χ0n) is 11.4. The highest BCUT2D eigenvalue weighted by Crippen LogP contribution is 2.32. The van der Waals surface area contributed by atoms with E-state index in [0.29, 0.717) is 24.2 Å². The Morgan fingerprint density at radius 3 is 2.88 bits per heavy atom. The lowest BCUT2D eigenvalue weighted by Crippen LogP contribution is -2.57. The molecule has 100 valence electrons. The van der Waals surface area contributed by atoms with Gasteiger partial charge in [-0.25, -0.2) is 0 Å². The largest absolute Gasteiger partial charge is 0.375 e. The maximum absolute atomic E-state index is 6.37. The Bertz CT molecular complexity index is 234. The number of nitrogens with two attached hydrogens (primary N) is 1. The number of ether oxygens (including phenoxy) is 1. The Balaban J connectivity index is 2.01. The second kappa shape index (κ2) is 6.17. The number of rotatable bonds is 5. The van der Waals surface area contributed by atoms with Crippen LogP contribution in [0.4, 0.5) is 0 Å². The third-order valence-corrected chi connectivity index (χ3v) is 4.49. The van der Waals surface area contributed by atoms with E-state index in [2.05, 4.69) is 18.7 Å². The van der Waals surface area contributed by atoms with Crippen LogP contribution in [0.1, 0.15) is 52.4 Å². The number of morpholine rings is 1. The zero-order valence-corrected chi connectivity index (χ0v) is 11.4. The summed E-state index contributed by atoms with van der Waals surface area (Å²) in [5.74, 6) is 0. The average molecular weight is 240 g/mol. The Kier molecular flexibility index (Phi) is 4.83. The van der Waals surface area contributed by atoms with Gasteiger partial charge in [-0.15, -0.1) is 0 Å². The molecule has 0 aromatic heterocycles. The molecule has 1 heterocycles. The standard InChI is InChI=1S/C14H28N2O/c1-3-6-11(15)12(4-2)16-9-10-17-14-8-5-7-13(14)16/h11-14H,3-10,15H2,1-2H3. The number of hydrogen-bond donors (Lipinski definition) is 1. The quantitative estimate of drug-likeness (QED) is 0.800. The van der Waals surface area contributed by atoms with E-state index in [9.17, 15) is 0 Å².